The second-order valence-electron chi connectivity index (χ2n) is 4.92. The lowest BCUT2D eigenvalue weighted by Crippen LogP contribution is -1.84. The molecule has 0 N–H and O–H groups in total. The molecule has 0 radical (unpaired) electrons. The van der Waals surface area contributed by atoms with Gasteiger partial charge in [0.25, 0.3) is 0 Å². The number of fused-ring (bicyclic) bond motifs is 2. The maximum Gasteiger partial charge on any atom is 0.125 e. The van der Waals surface area contributed by atoms with Gasteiger partial charge in [0, 0.05) is 10.8 Å². The topological polar surface area (TPSA) is 35.0 Å². The van der Waals surface area contributed by atoms with Crippen LogP contribution < -0.4 is 0 Å². The largest absolute Gasteiger partial charge is 0.239 e. The van der Waals surface area contributed by atoms with Crippen molar-refractivity contribution in [1.29, 1.82) is 0 Å². The molecule has 0 saturated heterocycles. The van der Waals surface area contributed by atoms with Crippen LogP contribution in [0.1, 0.15) is 0 Å². The number of hydrogen-bond acceptors (Lipinski definition) is 5. The molecule has 5 heteroatoms. The fraction of sp³-hybridized carbons (Fsp3) is 0. The number of rotatable bonds is 4. The number of aromatic nitrogens is 2. The molecular formula is C18H12N2OS2. The Labute approximate surface area is 142 Å². The minimum absolute atomic E-state index is 0.831. The van der Waals surface area contributed by atoms with E-state index in [9.17, 15) is 0 Å². The number of pyridine rings is 2. The van der Waals surface area contributed by atoms with Gasteiger partial charge in [0.1, 0.15) is 10.1 Å². The summed E-state index contributed by atoms with van der Waals surface area (Å²) in [6, 6.07) is 24.1. The van der Waals surface area contributed by atoms with E-state index >= 15 is 0 Å². The van der Waals surface area contributed by atoms with E-state index in [0.717, 1.165) is 31.9 Å². The molecule has 0 aliphatic heterocycles. The lowest BCUT2D eigenvalue weighted by Gasteiger charge is -2.03. The van der Waals surface area contributed by atoms with Gasteiger partial charge in [-0.2, -0.15) is 0 Å². The zero-order valence-corrected chi connectivity index (χ0v) is 13.7. The van der Waals surface area contributed by atoms with Crippen LogP contribution in [0.5, 0.6) is 0 Å². The Morgan fingerprint density at radius 3 is 1.57 bits per heavy atom. The van der Waals surface area contributed by atoms with Gasteiger partial charge in [-0.15, -0.1) is 0 Å². The molecule has 0 aliphatic rings. The molecule has 23 heavy (non-hydrogen) atoms. The van der Waals surface area contributed by atoms with Crippen molar-refractivity contribution in [1.82, 2.24) is 9.97 Å². The molecule has 0 amide bonds. The summed E-state index contributed by atoms with van der Waals surface area (Å²) < 4.78 is 5.61. The number of hydrogen-bond donors (Lipinski definition) is 0. The Bertz CT molecular complexity index is 896. The van der Waals surface area contributed by atoms with Crippen LogP contribution in [0.2, 0.25) is 0 Å². The fourth-order valence-electron chi connectivity index (χ4n) is 2.27. The van der Waals surface area contributed by atoms with Gasteiger partial charge >= 0.3 is 0 Å². The first-order valence-corrected chi connectivity index (χ1v) is 8.60. The van der Waals surface area contributed by atoms with Crippen molar-refractivity contribution in [2.75, 3.05) is 0 Å². The van der Waals surface area contributed by atoms with Crippen molar-refractivity contribution in [2.45, 2.75) is 10.1 Å². The third-order valence-corrected chi connectivity index (χ3v) is 4.73. The van der Waals surface area contributed by atoms with Crippen molar-refractivity contribution in [3.05, 3.63) is 72.8 Å². The molecule has 2 aromatic heterocycles. The molecule has 0 aliphatic carbocycles. The van der Waals surface area contributed by atoms with Crippen LogP contribution in [-0.2, 0) is 3.63 Å². The second-order valence-corrected chi connectivity index (χ2v) is 6.63. The summed E-state index contributed by atoms with van der Waals surface area (Å²) in [5.41, 5.74) is 1.94. The third-order valence-electron chi connectivity index (χ3n) is 3.38. The van der Waals surface area contributed by atoms with Crippen LogP contribution in [0.4, 0.5) is 0 Å². The van der Waals surface area contributed by atoms with Gasteiger partial charge in [-0.25, -0.2) is 13.6 Å². The minimum Gasteiger partial charge on any atom is -0.239 e. The van der Waals surface area contributed by atoms with E-state index in [1.165, 1.54) is 24.1 Å². The van der Waals surface area contributed by atoms with E-state index < -0.39 is 0 Å². The molecule has 0 spiro atoms. The molecule has 0 fully saturated rings. The Balaban J connectivity index is 1.45. The average Bonchev–Trinajstić information content (AvgIpc) is 2.61. The fourth-order valence-corrected chi connectivity index (χ4v) is 3.49. The van der Waals surface area contributed by atoms with Crippen LogP contribution in [-0.4, -0.2) is 9.97 Å². The lowest BCUT2D eigenvalue weighted by atomic mass is 10.2. The molecule has 2 heterocycles. The summed E-state index contributed by atoms with van der Waals surface area (Å²) in [5, 5.41) is 3.91. The van der Waals surface area contributed by atoms with Gasteiger partial charge in [-0.1, -0.05) is 48.5 Å². The zero-order valence-electron chi connectivity index (χ0n) is 12.0. The molecule has 4 aromatic rings. The maximum atomic E-state index is 5.61. The zero-order chi connectivity index (χ0) is 15.5. The Morgan fingerprint density at radius 1 is 0.565 bits per heavy atom. The van der Waals surface area contributed by atoms with E-state index in [-0.39, 0.29) is 0 Å². The van der Waals surface area contributed by atoms with Gasteiger partial charge in [0.05, 0.1) is 35.1 Å². The highest BCUT2D eigenvalue weighted by atomic mass is 32.2. The van der Waals surface area contributed by atoms with Gasteiger partial charge < -0.3 is 0 Å². The average molecular weight is 336 g/mol. The highest BCUT2D eigenvalue weighted by molar-refractivity contribution is 8.07. The standard InChI is InChI=1S/C18H12N2OS2/c1-3-7-15-13(5-1)9-11-17(19-15)22-21-23-18-12-10-14-6-2-4-8-16(14)20-18/h1-12H. The SMILES string of the molecule is c1ccc2nc(SOSc3ccc4ccccc4n3)ccc2c1. The Morgan fingerprint density at radius 2 is 1.04 bits per heavy atom. The third kappa shape index (κ3) is 3.32. The summed E-state index contributed by atoms with van der Waals surface area (Å²) >= 11 is 2.49. The quantitative estimate of drug-likeness (QED) is 0.459. The molecule has 0 unspecified atom stereocenters. The van der Waals surface area contributed by atoms with E-state index in [1.807, 2.05) is 72.8 Å². The molecule has 0 atom stereocenters. The first-order valence-electron chi connectivity index (χ1n) is 7.11. The van der Waals surface area contributed by atoms with Crippen LogP contribution in [0.25, 0.3) is 21.8 Å². The highest BCUT2D eigenvalue weighted by Crippen LogP contribution is 2.29. The van der Waals surface area contributed by atoms with Gasteiger partial charge in [-0.05, 0) is 24.3 Å². The molecule has 4 rings (SSSR count). The van der Waals surface area contributed by atoms with Crippen molar-refractivity contribution in [2.24, 2.45) is 0 Å². The number of nitrogens with zero attached hydrogens (tertiary/aromatic N) is 2. The summed E-state index contributed by atoms with van der Waals surface area (Å²) in [6.45, 7) is 0. The number of para-hydroxylation sites is 2. The first kappa shape index (κ1) is 14.5. The molecular weight excluding hydrogens is 324 g/mol. The van der Waals surface area contributed by atoms with Crippen molar-refractivity contribution >= 4 is 45.9 Å². The predicted octanol–water partition coefficient (Wildman–Crippen LogP) is 5.51. The summed E-state index contributed by atoms with van der Waals surface area (Å²) in [6.07, 6.45) is 0. The molecule has 2 aromatic carbocycles. The predicted molar refractivity (Wildman–Crippen MR) is 96.3 cm³/mol. The van der Waals surface area contributed by atoms with E-state index in [4.69, 9.17) is 3.63 Å². The van der Waals surface area contributed by atoms with Crippen LogP contribution >= 0.6 is 24.1 Å². The monoisotopic (exact) mass is 336 g/mol. The maximum absolute atomic E-state index is 5.61. The van der Waals surface area contributed by atoms with Crippen molar-refractivity contribution in [3.8, 4) is 0 Å². The molecule has 0 saturated carbocycles. The van der Waals surface area contributed by atoms with Gasteiger partial charge in [0.15, 0.2) is 0 Å². The van der Waals surface area contributed by atoms with Crippen molar-refractivity contribution < 1.29 is 3.63 Å². The minimum atomic E-state index is 0.831. The van der Waals surface area contributed by atoms with E-state index in [2.05, 4.69) is 9.97 Å². The first-order chi connectivity index (χ1) is 11.4. The normalized spacial score (nSPS) is 11.1. The summed E-state index contributed by atoms with van der Waals surface area (Å²) in [4.78, 5) is 9.12. The second kappa shape index (κ2) is 6.58. The van der Waals surface area contributed by atoms with E-state index in [0.29, 0.717) is 0 Å². The summed E-state index contributed by atoms with van der Waals surface area (Å²) in [7, 11) is 0. The van der Waals surface area contributed by atoms with Crippen LogP contribution in [0.15, 0.2) is 82.8 Å². The van der Waals surface area contributed by atoms with Crippen LogP contribution in [0, 0.1) is 0 Å². The molecule has 3 nitrogen and oxygen atoms in total. The Hall–Kier alpha value is -2.08. The van der Waals surface area contributed by atoms with Crippen LogP contribution in [0.3, 0.4) is 0 Å². The van der Waals surface area contributed by atoms with Gasteiger partial charge in [-0.3, -0.25) is 0 Å². The summed E-state index contributed by atoms with van der Waals surface area (Å²) in [5.74, 6) is 0. The number of benzene rings is 2. The molecule has 0 bridgehead atoms. The highest BCUT2D eigenvalue weighted by Gasteiger charge is 2.03. The lowest BCUT2D eigenvalue weighted by molar-refractivity contribution is 0.748. The Kier molecular flexibility index (Phi) is 4.15. The van der Waals surface area contributed by atoms with E-state index in [1.54, 1.807) is 0 Å². The van der Waals surface area contributed by atoms with Gasteiger partial charge in [0.2, 0.25) is 0 Å². The smallest absolute Gasteiger partial charge is 0.125 e. The molecule has 112 valence electrons. The van der Waals surface area contributed by atoms with Crippen molar-refractivity contribution in [3.63, 3.8) is 0 Å².